The first kappa shape index (κ1) is 17.2. The molecule has 5 nitrogen and oxygen atoms in total. The molecule has 23 heavy (non-hydrogen) atoms. The van der Waals surface area contributed by atoms with Crippen molar-refractivity contribution in [3.63, 3.8) is 0 Å². The lowest BCUT2D eigenvalue weighted by atomic mass is 10.2. The number of sulfonamides is 1. The summed E-state index contributed by atoms with van der Waals surface area (Å²) in [5.41, 5.74) is 2.16. The number of hydrogen-bond donors (Lipinski definition) is 2. The van der Waals surface area contributed by atoms with Crippen LogP contribution < -0.4 is 10.0 Å². The average molecular weight is 332 g/mol. The smallest absolute Gasteiger partial charge is 0.255 e. The minimum Gasteiger partial charge on any atom is -0.322 e. The third kappa shape index (κ3) is 4.64. The molecule has 2 N–H and O–H groups in total. The van der Waals surface area contributed by atoms with Crippen molar-refractivity contribution in [2.24, 2.45) is 0 Å². The second-order valence-electron chi connectivity index (χ2n) is 5.25. The Morgan fingerprint density at radius 3 is 2.39 bits per heavy atom. The van der Waals surface area contributed by atoms with E-state index in [1.807, 2.05) is 32.0 Å². The van der Waals surface area contributed by atoms with Crippen LogP contribution in [-0.4, -0.2) is 20.9 Å². The first-order chi connectivity index (χ1) is 10.9. The Morgan fingerprint density at radius 2 is 1.78 bits per heavy atom. The monoisotopic (exact) mass is 332 g/mol. The zero-order valence-electron chi connectivity index (χ0n) is 13.2. The first-order valence-electron chi connectivity index (χ1n) is 7.40. The van der Waals surface area contributed by atoms with Crippen LogP contribution in [0.15, 0.2) is 53.4 Å². The van der Waals surface area contributed by atoms with Gasteiger partial charge in [0, 0.05) is 17.8 Å². The predicted octanol–water partition coefficient (Wildman–Crippen LogP) is 2.94. The highest BCUT2D eigenvalue weighted by atomic mass is 32.2. The molecule has 0 spiro atoms. The van der Waals surface area contributed by atoms with Crippen LogP contribution >= 0.6 is 0 Å². The van der Waals surface area contributed by atoms with Crippen LogP contribution in [0.4, 0.5) is 5.69 Å². The zero-order chi connectivity index (χ0) is 16.9. The van der Waals surface area contributed by atoms with Crippen LogP contribution in [0.5, 0.6) is 0 Å². The number of benzene rings is 2. The van der Waals surface area contributed by atoms with Crippen LogP contribution in [0, 0.1) is 6.92 Å². The van der Waals surface area contributed by atoms with E-state index in [1.54, 1.807) is 6.07 Å². The minimum absolute atomic E-state index is 0.151. The SMILES string of the molecule is CCCNS(=O)(=O)c1ccc(C(=O)Nc2cccc(C)c2)cc1. The molecule has 2 aromatic carbocycles. The maximum absolute atomic E-state index is 12.2. The number of carbonyl (C=O) groups excluding carboxylic acids is 1. The molecule has 2 aromatic rings. The molecule has 0 aliphatic heterocycles. The number of anilines is 1. The molecule has 0 saturated carbocycles. The quantitative estimate of drug-likeness (QED) is 0.854. The third-order valence-corrected chi connectivity index (χ3v) is 4.72. The van der Waals surface area contributed by atoms with E-state index < -0.39 is 10.0 Å². The fourth-order valence-electron chi connectivity index (χ4n) is 2.03. The van der Waals surface area contributed by atoms with Crippen molar-refractivity contribution in [3.05, 3.63) is 59.7 Å². The van der Waals surface area contributed by atoms with Gasteiger partial charge in [-0.2, -0.15) is 0 Å². The van der Waals surface area contributed by atoms with Crippen molar-refractivity contribution in [3.8, 4) is 0 Å². The van der Waals surface area contributed by atoms with Gasteiger partial charge in [0.25, 0.3) is 5.91 Å². The number of rotatable bonds is 6. The van der Waals surface area contributed by atoms with Crippen LogP contribution in [0.3, 0.4) is 0 Å². The summed E-state index contributed by atoms with van der Waals surface area (Å²) >= 11 is 0. The summed E-state index contributed by atoms with van der Waals surface area (Å²) in [6, 6.07) is 13.4. The standard InChI is InChI=1S/C17H20N2O3S/c1-3-11-18-23(21,22)16-9-7-14(8-10-16)17(20)19-15-6-4-5-13(2)12-15/h4-10,12,18H,3,11H2,1-2H3,(H,19,20). The number of hydrogen-bond acceptors (Lipinski definition) is 3. The Hall–Kier alpha value is -2.18. The molecular weight excluding hydrogens is 312 g/mol. The molecule has 0 aromatic heterocycles. The second kappa shape index (κ2) is 7.39. The van der Waals surface area contributed by atoms with Crippen molar-refractivity contribution in [1.82, 2.24) is 4.72 Å². The van der Waals surface area contributed by atoms with E-state index in [0.29, 0.717) is 17.8 Å². The summed E-state index contributed by atoms with van der Waals surface area (Å²) in [4.78, 5) is 12.3. The van der Waals surface area contributed by atoms with Gasteiger partial charge in [-0.05, 0) is 55.3 Å². The van der Waals surface area contributed by atoms with E-state index in [0.717, 1.165) is 12.0 Å². The molecule has 0 fully saturated rings. The number of aryl methyl sites for hydroxylation is 1. The van der Waals surface area contributed by atoms with Gasteiger partial charge < -0.3 is 5.32 Å². The highest BCUT2D eigenvalue weighted by Gasteiger charge is 2.14. The molecule has 0 unspecified atom stereocenters. The van der Waals surface area contributed by atoms with E-state index in [4.69, 9.17) is 0 Å². The minimum atomic E-state index is -3.51. The fourth-order valence-corrected chi connectivity index (χ4v) is 3.17. The number of amides is 1. The largest absolute Gasteiger partial charge is 0.322 e. The molecular formula is C17H20N2O3S. The molecule has 2 rings (SSSR count). The molecule has 0 aliphatic rings. The summed E-state index contributed by atoms with van der Waals surface area (Å²) in [5.74, 6) is -0.277. The molecule has 0 bridgehead atoms. The molecule has 0 heterocycles. The average Bonchev–Trinajstić information content (AvgIpc) is 2.53. The molecule has 0 saturated heterocycles. The van der Waals surface area contributed by atoms with E-state index in [2.05, 4.69) is 10.0 Å². The van der Waals surface area contributed by atoms with Crippen LogP contribution in [0.25, 0.3) is 0 Å². The normalized spacial score (nSPS) is 11.2. The Labute approximate surface area is 136 Å². The van der Waals surface area contributed by atoms with Gasteiger partial charge in [-0.1, -0.05) is 19.1 Å². The molecule has 1 amide bonds. The second-order valence-corrected chi connectivity index (χ2v) is 7.01. The van der Waals surface area contributed by atoms with Gasteiger partial charge in [0.05, 0.1) is 4.90 Å². The Bertz CT molecular complexity index is 784. The summed E-state index contributed by atoms with van der Waals surface area (Å²) in [7, 11) is -3.51. The molecule has 6 heteroatoms. The summed E-state index contributed by atoms with van der Waals surface area (Å²) in [5, 5.41) is 2.79. The van der Waals surface area contributed by atoms with Crippen molar-refractivity contribution < 1.29 is 13.2 Å². The Balaban J connectivity index is 2.11. The van der Waals surface area contributed by atoms with Crippen molar-refractivity contribution in [2.75, 3.05) is 11.9 Å². The van der Waals surface area contributed by atoms with Gasteiger partial charge in [-0.25, -0.2) is 13.1 Å². The van der Waals surface area contributed by atoms with Crippen molar-refractivity contribution in [2.45, 2.75) is 25.2 Å². The molecule has 0 aliphatic carbocycles. The van der Waals surface area contributed by atoms with Gasteiger partial charge in [0.2, 0.25) is 10.0 Å². The van der Waals surface area contributed by atoms with Crippen molar-refractivity contribution in [1.29, 1.82) is 0 Å². The van der Waals surface area contributed by atoms with Gasteiger partial charge in [-0.15, -0.1) is 0 Å². The predicted molar refractivity (Wildman–Crippen MR) is 91.1 cm³/mol. The molecule has 0 radical (unpaired) electrons. The lowest BCUT2D eigenvalue weighted by molar-refractivity contribution is 0.102. The van der Waals surface area contributed by atoms with E-state index in [9.17, 15) is 13.2 Å². The Morgan fingerprint density at radius 1 is 1.09 bits per heavy atom. The zero-order valence-corrected chi connectivity index (χ0v) is 14.0. The fraction of sp³-hybridized carbons (Fsp3) is 0.235. The van der Waals surface area contributed by atoms with Crippen LogP contribution in [0.1, 0.15) is 29.3 Å². The molecule has 122 valence electrons. The van der Waals surface area contributed by atoms with Gasteiger partial charge in [0.1, 0.15) is 0 Å². The van der Waals surface area contributed by atoms with Crippen molar-refractivity contribution >= 4 is 21.6 Å². The van der Waals surface area contributed by atoms with Crippen LogP contribution in [0.2, 0.25) is 0 Å². The number of carbonyl (C=O) groups is 1. The topological polar surface area (TPSA) is 75.3 Å². The van der Waals surface area contributed by atoms with E-state index in [1.165, 1.54) is 24.3 Å². The Kier molecular flexibility index (Phi) is 5.52. The highest BCUT2D eigenvalue weighted by molar-refractivity contribution is 7.89. The highest BCUT2D eigenvalue weighted by Crippen LogP contribution is 2.14. The third-order valence-electron chi connectivity index (χ3n) is 3.24. The van der Waals surface area contributed by atoms with Gasteiger partial charge in [-0.3, -0.25) is 4.79 Å². The molecule has 0 atom stereocenters. The van der Waals surface area contributed by atoms with Gasteiger partial charge >= 0.3 is 0 Å². The summed E-state index contributed by atoms with van der Waals surface area (Å²) < 4.78 is 26.5. The van der Waals surface area contributed by atoms with Crippen LogP contribution in [-0.2, 0) is 10.0 Å². The maximum atomic E-state index is 12.2. The number of nitrogens with one attached hydrogen (secondary N) is 2. The summed E-state index contributed by atoms with van der Waals surface area (Å²) in [6.45, 7) is 4.22. The maximum Gasteiger partial charge on any atom is 0.255 e. The lowest BCUT2D eigenvalue weighted by Crippen LogP contribution is -2.24. The van der Waals surface area contributed by atoms with E-state index >= 15 is 0 Å². The van der Waals surface area contributed by atoms with E-state index in [-0.39, 0.29) is 10.8 Å². The summed E-state index contributed by atoms with van der Waals surface area (Å²) in [6.07, 6.45) is 0.718. The lowest BCUT2D eigenvalue weighted by Gasteiger charge is -2.08. The van der Waals surface area contributed by atoms with Gasteiger partial charge in [0.15, 0.2) is 0 Å². The first-order valence-corrected chi connectivity index (χ1v) is 8.88.